The number of amides is 1. The summed E-state index contributed by atoms with van der Waals surface area (Å²) in [5, 5.41) is 16.0. The highest BCUT2D eigenvalue weighted by Gasteiger charge is 2.28. The molecule has 7 nitrogen and oxygen atoms in total. The van der Waals surface area contributed by atoms with Gasteiger partial charge in [-0.05, 0) is 48.6 Å². The predicted molar refractivity (Wildman–Crippen MR) is 152 cm³/mol. The number of benzene rings is 2. The minimum Gasteiger partial charge on any atom is -0.481 e. The van der Waals surface area contributed by atoms with Crippen LogP contribution in [0.15, 0.2) is 47.5 Å². The van der Waals surface area contributed by atoms with Crippen LogP contribution in [0.5, 0.6) is 0 Å². The number of halogens is 2. The van der Waals surface area contributed by atoms with E-state index in [0.29, 0.717) is 34.4 Å². The van der Waals surface area contributed by atoms with Gasteiger partial charge in [-0.3, -0.25) is 14.6 Å². The first kappa shape index (κ1) is 30.1. The Labute approximate surface area is 235 Å². The number of aliphatic carboxylic acids is 1. The minimum atomic E-state index is -0.824. The molecule has 3 N–H and O–H groups in total. The van der Waals surface area contributed by atoms with Gasteiger partial charge in [-0.15, -0.1) is 0 Å². The molecular weight excluding hydrogens is 525 g/mol. The first-order valence-corrected chi connectivity index (χ1v) is 14.0. The van der Waals surface area contributed by atoms with Gasteiger partial charge in [0.25, 0.3) is 5.91 Å². The third-order valence-corrected chi connectivity index (χ3v) is 7.16. The number of nitrogens with one attached hydrogen (secondary N) is 2. The second-order valence-corrected chi connectivity index (χ2v) is 10.5. The number of rotatable bonds is 13. The molecule has 0 radical (unpaired) electrons. The SMILES string of the molecule is CCCC(NC(=O)C(=NC1CCCCC1OC)c1cc(Cl)cc(Cl)c1)c1ccc(CNCCC(=O)O)cc1. The zero-order valence-electron chi connectivity index (χ0n) is 22.0. The lowest BCUT2D eigenvalue weighted by Gasteiger charge is -2.28. The van der Waals surface area contributed by atoms with Crippen molar-refractivity contribution in [3.8, 4) is 0 Å². The third kappa shape index (κ3) is 9.09. The molecule has 0 aliphatic heterocycles. The molecule has 2 aromatic carbocycles. The molecule has 9 heteroatoms. The van der Waals surface area contributed by atoms with E-state index in [-0.39, 0.29) is 30.5 Å². The van der Waals surface area contributed by atoms with Crippen LogP contribution < -0.4 is 10.6 Å². The number of methoxy groups -OCH3 is 1. The maximum atomic E-state index is 13.8. The lowest BCUT2D eigenvalue weighted by Crippen LogP contribution is -2.38. The standard InChI is InChI=1S/C29H37Cl2N3O4/c1-3-6-24(20-11-9-19(10-12-20)18-32-14-13-27(35)36)34-29(37)28(21-15-22(30)17-23(31)16-21)33-25-7-4-5-8-26(25)38-2/h9-12,15-17,24-26,32H,3-8,13-14,18H2,1-2H3,(H,34,37)(H,35,36). The number of carbonyl (C=O) groups excluding carboxylic acids is 1. The van der Waals surface area contributed by atoms with Gasteiger partial charge >= 0.3 is 5.97 Å². The summed E-state index contributed by atoms with van der Waals surface area (Å²) in [5.74, 6) is -1.10. The van der Waals surface area contributed by atoms with Crippen LogP contribution in [0.3, 0.4) is 0 Å². The molecule has 1 aliphatic rings. The molecule has 1 aliphatic carbocycles. The highest BCUT2D eigenvalue weighted by Crippen LogP contribution is 2.26. The second kappa shape index (κ2) is 15.2. The van der Waals surface area contributed by atoms with Crippen LogP contribution in [-0.2, 0) is 20.9 Å². The molecule has 38 heavy (non-hydrogen) atoms. The van der Waals surface area contributed by atoms with Crippen molar-refractivity contribution in [1.82, 2.24) is 10.6 Å². The fourth-order valence-corrected chi connectivity index (χ4v) is 5.28. The van der Waals surface area contributed by atoms with E-state index in [1.54, 1.807) is 25.3 Å². The summed E-state index contributed by atoms with van der Waals surface area (Å²) in [7, 11) is 1.69. The van der Waals surface area contributed by atoms with Gasteiger partial charge in [-0.2, -0.15) is 0 Å². The molecule has 0 spiro atoms. The number of ether oxygens (including phenoxy) is 1. The summed E-state index contributed by atoms with van der Waals surface area (Å²) in [4.78, 5) is 29.4. The van der Waals surface area contributed by atoms with E-state index in [0.717, 1.165) is 49.7 Å². The number of hydrogen-bond acceptors (Lipinski definition) is 5. The molecule has 0 saturated heterocycles. The highest BCUT2D eigenvalue weighted by atomic mass is 35.5. The van der Waals surface area contributed by atoms with Crippen molar-refractivity contribution in [2.24, 2.45) is 4.99 Å². The Morgan fingerprint density at radius 3 is 2.42 bits per heavy atom. The molecule has 0 bridgehead atoms. The smallest absolute Gasteiger partial charge is 0.304 e. The van der Waals surface area contributed by atoms with Crippen molar-refractivity contribution < 1.29 is 19.4 Å². The largest absolute Gasteiger partial charge is 0.481 e. The average molecular weight is 563 g/mol. The zero-order valence-corrected chi connectivity index (χ0v) is 23.5. The van der Waals surface area contributed by atoms with Gasteiger partial charge in [0.15, 0.2) is 0 Å². The zero-order chi connectivity index (χ0) is 27.5. The number of nitrogens with zero attached hydrogens (tertiary/aromatic N) is 1. The Kier molecular flexibility index (Phi) is 12.1. The van der Waals surface area contributed by atoms with E-state index in [9.17, 15) is 9.59 Å². The van der Waals surface area contributed by atoms with Crippen LogP contribution in [-0.4, -0.2) is 48.5 Å². The molecule has 1 amide bonds. The second-order valence-electron chi connectivity index (χ2n) is 9.64. The van der Waals surface area contributed by atoms with Crippen molar-refractivity contribution in [2.75, 3.05) is 13.7 Å². The van der Waals surface area contributed by atoms with E-state index in [4.69, 9.17) is 38.0 Å². The molecule has 1 saturated carbocycles. The molecule has 0 heterocycles. The van der Waals surface area contributed by atoms with E-state index < -0.39 is 5.97 Å². The fourth-order valence-electron chi connectivity index (χ4n) is 4.75. The van der Waals surface area contributed by atoms with Gasteiger partial charge in [-0.25, -0.2) is 0 Å². The first-order chi connectivity index (χ1) is 18.3. The van der Waals surface area contributed by atoms with Gasteiger partial charge in [0, 0.05) is 35.8 Å². The Hall–Kier alpha value is -2.45. The fraction of sp³-hybridized carbons (Fsp3) is 0.483. The maximum absolute atomic E-state index is 13.8. The topological polar surface area (TPSA) is 100 Å². The van der Waals surface area contributed by atoms with Gasteiger partial charge in [0.05, 0.1) is 24.6 Å². The van der Waals surface area contributed by atoms with Crippen LogP contribution in [0, 0.1) is 0 Å². The van der Waals surface area contributed by atoms with E-state index in [1.165, 1.54) is 0 Å². The van der Waals surface area contributed by atoms with Crippen molar-refractivity contribution in [3.63, 3.8) is 0 Å². The molecule has 0 aromatic heterocycles. The number of carboxylic acid groups (broad SMARTS) is 1. The van der Waals surface area contributed by atoms with Crippen molar-refractivity contribution in [1.29, 1.82) is 0 Å². The summed E-state index contributed by atoms with van der Waals surface area (Å²) in [6.07, 6.45) is 5.56. The minimum absolute atomic E-state index is 0.0377. The van der Waals surface area contributed by atoms with E-state index in [2.05, 4.69) is 17.6 Å². The van der Waals surface area contributed by atoms with E-state index in [1.807, 2.05) is 24.3 Å². The van der Waals surface area contributed by atoms with Crippen molar-refractivity contribution in [3.05, 3.63) is 69.2 Å². The Balaban J connectivity index is 1.82. The molecular formula is C29H37Cl2N3O4. The summed E-state index contributed by atoms with van der Waals surface area (Å²) < 4.78 is 5.69. The normalized spacial score (nSPS) is 18.7. The van der Waals surface area contributed by atoms with Gasteiger partial charge in [0.2, 0.25) is 0 Å². The monoisotopic (exact) mass is 561 g/mol. The number of aliphatic imine (C=N–C) groups is 1. The molecule has 3 atom stereocenters. The molecule has 206 valence electrons. The van der Waals surface area contributed by atoms with Crippen molar-refractivity contribution >= 4 is 40.8 Å². The quantitative estimate of drug-likeness (QED) is 0.207. The van der Waals surface area contributed by atoms with Crippen molar-refractivity contribution in [2.45, 2.75) is 76.6 Å². The van der Waals surface area contributed by atoms with Gasteiger partial charge < -0.3 is 20.5 Å². The summed E-state index contributed by atoms with van der Waals surface area (Å²) in [6, 6.07) is 12.8. The van der Waals surface area contributed by atoms with Crippen LogP contribution in [0.25, 0.3) is 0 Å². The molecule has 3 rings (SSSR count). The Bertz CT molecular complexity index is 1090. The lowest BCUT2D eigenvalue weighted by molar-refractivity contribution is -0.136. The van der Waals surface area contributed by atoms with Crippen LogP contribution in [0.2, 0.25) is 10.0 Å². The lowest BCUT2D eigenvalue weighted by atomic mass is 9.92. The molecule has 3 unspecified atom stereocenters. The number of carbonyl (C=O) groups is 2. The van der Waals surface area contributed by atoms with E-state index >= 15 is 0 Å². The van der Waals surface area contributed by atoms with Crippen LogP contribution in [0.4, 0.5) is 0 Å². The first-order valence-electron chi connectivity index (χ1n) is 13.2. The Morgan fingerprint density at radius 2 is 1.79 bits per heavy atom. The predicted octanol–water partition coefficient (Wildman–Crippen LogP) is 5.96. The Morgan fingerprint density at radius 1 is 1.11 bits per heavy atom. The van der Waals surface area contributed by atoms with Gasteiger partial charge in [0.1, 0.15) is 5.71 Å². The van der Waals surface area contributed by atoms with Gasteiger partial charge in [-0.1, -0.05) is 73.7 Å². The van der Waals surface area contributed by atoms with Crippen LogP contribution in [0.1, 0.15) is 74.6 Å². The molecule has 1 fully saturated rings. The third-order valence-electron chi connectivity index (χ3n) is 6.73. The molecule has 2 aromatic rings. The average Bonchev–Trinajstić information content (AvgIpc) is 2.89. The summed E-state index contributed by atoms with van der Waals surface area (Å²) in [5.41, 5.74) is 2.92. The van der Waals surface area contributed by atoms with Crippen LogP contribution >= 0.6 is 23.2 Å². The summed E-state index contributed by atoms with van der Waals surface area (Å²) >= 11 is 12.6. The number of hydrogen-bond donors (Lipinski definition) is 3. The highest BCUT2D eigenvalue weighted by molar-refractivity contribution is 6.46. The number of carboxylic acids is 1. The summed E-state index contributed by atoms with van der Waals surface area (Å²) in [6.45, 7) is 3.07. The maximum Gasteiger partial charge on any atom is 0.304 e.